The molecule has 17 heavy (non-hydrogen) atoms. The standard InChI is InChI=1S/C13H23NO3/c1-13(2,3)17-12(16)14(4)10-7-8-5-6-9(10)11(8)15/h8-11,15H,5-7H2,1-4H3. The van der Waals surface area contributed by atoms with Gasteiger partial charge in [-0.25, -0.2) is 4.79 Å². The van der Waals surface area contributed by atoms with Gasteiger partial charge in [0, 0.05) is 19.0 Å². The molecule has 1 amide bonds. The van der Waals surface area contributed by atoms with E-state index in [0.29, 0.717) is 5.92 Å². The van der Waals surface area contributed by atoms with Gasteiger partial charge in [0.25, 0.3) is 0 Å². The molecule has 2 saturated carbocycles. The number of fused-ring (bicyclic) bond motifs is 2. The summed E-state index contributed by atoms with van der Waals surface area (Å²) < 4.78 is 5.36. The Labute approximate surface area is 103 Å². The van der Waals surface area contributed by atoms with E-state index in [1.165, 1.54) is 0 Å². The van der Waals surface area contributed by atoms with Crippen molar-refractivity contribution < 1.29 is 14.6 Å². The van der Waals surface area contributed by atoms with Crippen LogP contribution in [0.1, 0.15) is 40.0 Å². The molecular weight excluding hydrogens is 218 g/mol. The fraction of sp³-hybridized carbons (Fsp3) is 0.923. The van der Waals surface area contributed by atoms with Gasteiger partial charge >= 0.3 is 6.09 Å². The highest BCUT2D eigenvalue weighted by Crippen LogP contribution is 2.46. The number of amides is 1. The zero-order chi connectivity index (χ0) is 12.8. The molecule has 4 heteroatoms. The lowest BCUT2D eigenvalue weighted by atomic mass is 9.94. The van der Waals surface area contributed by atoms with E-state index in [1.54, 1.807) is 11.9 Å². The molecule has 0 saturated heterocycles. The molecule has 0 aromatic carbocycles. The molecule has 4 unspecified atom stereocenters. The maximum atomic E-state index is 12.0. The average Bonchev–Trinajstić information content (AvgIpc) is 2.70. The fourth-order valence-corrected chi connectivity index (χ4v) is 3.17. The first-order chi connectivity index (χ1) is 7.79. The van der Waals surface area contributed by atoms with E-state index in [1.807, 2.05) is 20.8 Å². The molecular formula is C13H23NO3. The van der Waals surface area contributed by atoms with Crippen LogP contribution in [0.3, 0.4) is 0 Å². The van der Waals surface area contributed by atoms with Crippen LogP contribution in [0.15, 0.2) is 0 Å². The number of hydrogen-bond acceptors (Lipinski definition) is 3. The van der Waals surface area contributed by atoms with E-state index < -0.39 is 5.60 Å². The molecule has 0 aromatic rings. The van der Waals surface area contributed by atoms with Crippen molar-refractivity contribution >= 4 is 6.09 Å². The largest absolute Gasteiger partial charge is 0.444 e. The number of carbonyl (C=O) groups is 1. The predicted octanol–water partition coefficient (Wildman–Crippen LogP) is 2.01. The second-order valence-electron chi connectivity index (χ2n) is 6.39. The quantitative estimate of drug-likeness (QED) is 0.764. The Bertz CT molecular complexity index is 310. The van der Waals surface area contributed by atoms with Gasteiger partial charge in [-0.1, -0.05) is 0 Å². The summed E-state index contributed by atoms with van der Waals surface area (Å²) in [5.74, 6) is 0.632. The van der Waals surface area contributed by atoms with Crippen LogP contribution in [0.4, 0.5) is 4.79 Å². The van der Waals surface area contributed by atoms with Crippen molar-refractivity contribution in [3.05, 3.63) is 0 Å². The number of aliphatic hydroxyl groups is 1. The SMILES string of the molecule is CN(C(=O)OC(C)(C)C)C1CC2CCC1C2O. The number of nitrogens with zero attached hydrogens (tertiary/aromatic N) is 1. The second kappa shape index (κ2) is 4.16. The van der Waals surface area contributed by atoms with E-state index >= 15 is 0 Å². The smallest absolute Gasteiger partial charge is 0.410 e. The molecule has 4 nitrogen and oxygen atoms in total. The van der Waals surface area contributed by atoms with Crippen molar-refractivity contribution in [3.8, 4) is 0 Å². The summed E-state index contributed by atoms with van der Waals surface area (Å²) in [4.78, 5) is 13.6. The van der Waals surface area contributed by atoms with Crippen molar-refractivity contribution in [1.82, 2.24) is 4.90 Å². The van der Waals surface area contributed by atoms with Crippen LogP contribution in [-0.2, 0) is 4.74 Å². The van der Waals surface area contributed by atoms with Crippen LogP contribution >= 0.6 is 0 Å². The van der Waals surface area contributed by atoms with Gasteiger partial charge < -0.3 is 14.7 Å². The molecule has 0 heterocycles. The van der Waals surface area contributed by atoms with Gasteiger partial charge in [-0.2, -0.15) is 0 Å². The first-order valence-corrected chi connectivity index (χ1v) is 6.43. The second-order valence-corrected chi connectivity index (χ2v) is 6.39. The average molecular weight is 241 g/mol. The number of aliphatic hydroxyl groups excluding tert-OH is 1. The first-order valence-electron chi connectivity index (χ1n) is 6.43. The Hall–Kier alpha value is -0.770. The normalized spacial score (nSPS) is 36.1. The van der Waals surface area contributed by atoms with E-state index in [2.05, 4.69) is 0 Å². The Balaban J connectivity index is 1.97. The highest BCUT2D eigenvalue weighted by Gasteiger charge is 2.49. The summed E-state index contributed by atoms with van der Waals surface area (Å²) in [5.41, 5.74) is -0.457. The van der Waals surface area contributed by atoms with Crippen molar-refractivity contribution in [2.75, 3.05) is 7.05 Å². The van der Waals surface area contributed by atoms with Crippen LogP contribution in [0.25, 0.3) is 0 Å². The van der Waals surface area contributed by atoms with Gasteiger partial charge in [0.2, 0.25) is 0 Å². The maximum absolute atomic E-state index is 12.0. The summed E-state index contributed by atoms with van der Waals surface area (Å²) in [6.07, 6.45) is 2.56. The van der Waals surface area contributed by atoms with Crippen LogP contribution in [0, 0.1) is 11.8 Å². The summed E-state index contributed by atoms with van der Waals surface area (Å²) in [7, 11) is 1.78. The Morgan fingerprint density at radius 3 is 2.41 bits per heavy atom. The zero-order valence-electron chi connectivity index (χ0n) is 11.1. The molecule has 2 aliphatic rings. The third-order valence-corrected chi connectivity index (χ3v) is 4.01. The number of carbonyl (C=O) groups excluding carboxylic acids is 1. The summed E-state index contributed by atoms with van der Waals surface area (Å²) in [5, 5.41) is 9.98. The van der Waals surface area contributed by atoms with Crippen LogP contribution in [0.5, 0.6) is 0 Å². The van der Waals surface area contributed by atoms with Crippen LogP contribution in [0.2, 0.25) is 0 Å². The molecule has 0 aromatic heterocycles. The van der Waals surface area contributed by atoms with Gasteiger partial charge in [-0.15, -0.1) is 0 Å². The van der Waals surface area contributed by atoms with Gasteiger partial charge in [0.1, 0.15) is 5.60 Å². The lowest BCUT2D eigenvalue weighted by Gasteiger charge is -2.33. The van der Waals surface area contributed by atoms with E-state index in [4.69, 9.17) is 4.74 Å². The maximum Gasteiger partial charge on any atom is 0.410 e. The van der Waals surface area contributed by atoms with Crippen LogP contribution in [-0.4, -0.2) is 40.9 Å². The molecule has 2 rings (SSSR count). The highest BCUT2D eigenvalue weighted by atomic mass is 16.6. The molecule has 0 spiro atoms. The van der Waals surface area contributed by atoms with Crippen LogP contribution < -0.4 is 0 Å². The highest BCUT2D eigenvalue weighted by molar-refractivity contribution is 5.68. The van der Waals surface area contributed by atoms with Crippen molar-refractivity contribution in [1.29, 1.82) is 0 Å². The van der Waals surface area contributed by atoms with E-state index in [-0.39, 0.29) is 24.2 Å². The monoisotopic (exact) mass is 241 g/mol. The Morgan fingerprint density at radius 1 is 1.35 bits per heavy atom. The molecule has 4 atom stereocenters. The Kier molecular flexibility index (Phi) is 3.10. The summed E-state index contributed by atoms with van der Waals surface area (Å²) in [6, 6.07) is 0.151. The number of ether oxygens (including phenoxy) is 1. The lowest BCUT2D eigenvalue weighted by molar-refractivity contribution is 0.0144. The minimum absolute atomic E-state index is 0.151. The predicted molar refractivity (Wildman–Crippen MR) is 64.6 cm³/mol. The molecule has 1 N–H and O–H groups in total. The van der Waals surface area contributed by atoms with Gasteiger partial charge in [0.05, 0.1) is 6.10 Å². The molecule has 2 fully saturated rings. The van der Waals surface area contributed by atoms with Gasteiger partial charge in [-0.05, 0) is 46.0 Å². The van der Waals surface area contributed by atoms with Crippen molar-refractivity contribution in [2.24, 2.45) is 11.8 Å². The van der Waals surface area contributed by atoms with Crippen molar-refractivity contribution in [2.45, 2.75) is 57.8 Å². The first kappa shape index (κ1) is 12.7. The minimum Gasteiger partial charge on any atom is -0.444 e. The number of rotatable bonds is 1. The minimum atomic E-state index is -0.457. The number of hydrogen-bond donors (Lipinski definition) is 1. The lowest BCUT2D eigenvalue weighted by Crippen LogP contribution is -2.43. The van der Waals surface area contributed by atoms with Gasteiger partial charge in [0.15, 0.2) is 0 Å². The zero-order valence-corrected chi connectivity index (χ0v) is 11.1. The fourth-order valence-electron chi connectivity index (χ4n) is 3.17. The third-order valence-electron chi connectivity index (χ3n) is 4.01. The van der Waals surface area contributed by atoms with E-state index in [0.717, 1.165) is 19.3 Å². The summed E-state index contributed by atoms with van der Waals surface area (Å²) in [6.45, 7) is 5.61. The molecule has 0 radical (unpaired) electrons. The molecule has 98 valence electrons. The molecule has 2 aliphatic carbocycles. The molecule has 2 bridgehead atoms. The van der Waals surface area contributed by atoms with Gasteiger partial charge in [-0.3, -0.25) is 0 Å². The van der Waals surface area contributed by atoms with E-state index in [9.17, 15) is 9.90 Å². The Morgan fingerprint density at radius 2 is 2.00 bits per heavy atom. The van der Waals surface area contributed by atoms with Crippen molar-refractivity contribution in [3.63, 3.8) is 0 Å². The molecule has 0 aliphatic heterocycles. The summed E-state index contributed by atoms with van der Waals surface area (Å²) >= 11 is 0. The topological polar surface area (TPSA) is 49.8 Å². The third kappa shape index (κ3) is 2.41.